The molecule has 10 rings (SSSR count). The minimum atomic E-state index is -0.0201. The van der Waals surface area contributed by atoms with E-state index in [-0.39, 0.29) is 21.7 Å². The van der Waals surface area contributed by atoms with Crippen molar-refractivity contribution in [3.05, 3.63) is 203 Å². The van der Waals surface area contributed by atoms with Gasteiger partial charge in [0.25, 0.3) is 0 Å². The second-order valence-electron chi connectivity index (χ2n) is 23.5. The Morgan fingerprint density at radius 3 is 1.21 bits per heavy atom. The summed E-state index contributed by atoms with van der Waals surface area (Å²) in [4.78, 5) is 4.93. The monoisotopic (exact) mass is 889 g/mol. The molecule has 68 heavy (non-hydrogen) atoms. The molecule has 0 fully saturated rings. The van der Waals surface area contributed by atoms with Crippen molar-refractivity contribution in [1.29, 1.82) is 0 Å². The minimum Gasteiger partial charge on any atom is -0.314 e. The van der Waals surface area contributed by atoms with Crippen molar-refractivity contribution >= 4 is 77.6 Å². The van der Waals surface area contributed by atoms with Crippen molar-refractivity contribution in [2.24, 2.45) is 0 Å². The maximum Gasteiger partial charge on any atom is 0.0468 e. The highest BCUT2D eigenvalue weighted by Crippen LogP contribution is 2.49. The molecule has 0 heterocycles. The van der Waals surface area contributed by atoms with Crippen LogP contribution in [0.1, 0.15) is 123 Å². The lowest BCUT2D eigenvalue weighted by Crippen LogP contribution is -2.20. The molecule has 0 spiro atoms. The van der Waals surface area contributed by atoms with Crippen molar-refractivity contribution in [1.82, 2.24) is 0 Å². The first-order valence-electron chi connectivity index (χ1n) is 24.8. The number of para-hydroxylation sites is 2. The molecule has 0 aromatic heterocycles. The Kier molecular flexibility index (Phi) is 11.0. The van der Waals surface area contributed by atoms with Crippen LogP contribution in [0.3, 0.4) is 0 Å². The third kappa shape index (κ3) is 8.16. The summed E-state index contributed by atoms with van der Waals surface area (Å²) in [5.74, 6) is 0. The quantitative estimate of drug-likeness (QED) is 0.154. The molecule has 0 saturated heterocycles. The van der Waals surface area contributed by atoms with Crippen LogP contribution in [0.5, 0.6) is 0 Å². The van der Waals surface area contributed by atoms with Crippen LogP contribution in [-0.2, 0) is 28.1 Å². The van der Waals surface area contributed by atoms with Gasteiger partial charge in [0.15, 0.2) is 0 Å². The van der Waals surface area contributed by atoms with Gasteiger partial charge in [-0.1, -0.05) is 174 Å². The van der Waals surface area contributed by atoms with E-state index in [4.69, 9.17) is 0 Å². The molecular weight excluding hydrogens is 821 g/mol. The molecule has 1 aliphatic rings. The maximum absolute atomic E-state index is 2.54. The van der Waals surface area contributed by atoms with Crippen LogP contribution >= 0.6 is 0 Å². The molecule has 0 bridgehead atoms. The topological polar surface area (TPSA) is 6.48 Å². The fourth-order valence-corrected chi connectivity index (χ4v) is 10.6. The number of rotatable bonds is 6. The molecule has 0 N–H and O–H groups in total. The Balaban J connectivity index is 1.28. The van der Waals surface area contributed by atoms with Gasteiger partial charge < -0.3 is 9.80 Å². The Labute approximate surface area is 406 Å². The van der Waals surface area contributed by atoms with Crippen LogP contribution in [0.25, 0.3) is 49.2 Å². The Morgan fingerprint density at radius 1 is 0.309 bits per heavy atom. The summed E-state index contributed by atoms with van der Waals surface area (Å²) < 4.78 is 0. The highest BCUT2D eigenvalue weighted by atomic mass is 15.2. The molecule has 1 aliphatic carbocycles. The van der Waals surface area contributed by atoms with Gasteiger partial charge in [0, 0.05) is 34.1 Å². The lowest BCUT2D eigenvalue weighted by molar-refractivity contribution is 0.590. The summed E-state index contributed by atoms with van der Waals surface area (Å²) in [5, 5.41) is 10.6. The molecular formula is C66H68N2. The van der Waals surface area contributed by atoms with E-state index in [1.54, 1.807) is 0 Å². The van der Waals surface area contributed by atoms with E-state index in [0.29, 0.717) is 0 Å². The number of hydrogen-bond acceptors (Lipinski definition) is 2. The van der Waals surface area contributed by atoms with Crippen molar-refractivity contribution in [2.45, 2.75) is 118 Å². The van der Waals surface area contributed by atoms with Gasteiger partial charge in [0.2, 0.25) is 0 Å². The number of fused-ring (bicyclic) bond motifs is 11. The highest BCUT2D eigenvalue weighted by Gasteiger charge is 2.28. The Morgan fingerprint density at radius 2 is 0.691 bits per heavy atom. The van der Waals surface area contributed by atoms with Gasteiger partial charge in [-0.05, 0) is 190 Å². The zero-order chi connectivity index (χ0) is 47.9. The van der Waals surface area contributed by atoms with E-state index in [1.165, 1.54) is 93.5 Å². The first kappa shape index (κ1) is 45.2. The molecule has 9 aromatic carbocycles. The van der Waals surface area contributed by atoms with Crippen molar-refractivity contribution < 1.29 is 0 Å². The number of allylic oxidation sites excluding steroid dienone is 1. The third-order valence-electron chi connectivity index (χ3n) is 14.5. The minimum absolute atomic E-state index is 0.0161. The summed E-state index contributed by atoms with van der Waals surface area (Å²) in [7, 11) is 0. The second-order valence-corrected chi connectivity index (χ2v) is 23.5. The number of nitrogens with zero attached hydrogens (tertiary/aromatic N) is 2. The van der Waals surface area contributed by atoms with Gasteiger partial charge in [0.1, 0.15) is 0 Å². The zero-order valence-corrected chi connectivity index (χ0v) is 42.5. The molecule has 9 aromatic rings. The fraction of sp³-hybridized carbons (Fsp3) is 0.273. The van der Waals surface area contributed by atoms with Crippen LogP contribution in [-0.4, -0.2) is 0 Å². The third-order valence-corrected chi connectivity index (χ3v) is 14.5. The predicted octanol–water partition coefficient (Wildman–Crippen LogP) is 19.1. The molecule has 0 unspecified atom stereocenters. The first-order valence-corrected chi connectivity index (χ1v) is 24.8. The summed E-state index contributed by atoms with van der Waals surface area (Å²) in [6, 6.07) is 62.2. The molecule has 2 heteroatoms. The van der Waals surface area contributed by atoms with E-state index in [9.17, 15) is 0 Å². The van der Waals surface area contributed by atoms with E-state index in [1.807, 2.05) is 0 Å². The summed E-state index contributed by atoms with van der Waals surface area (Å²) in [6.07, 6.45) is 4.40. The van der Waals surface area contributed by atoms with E-state index in [0.717, 1.165) is 29.9 Å². The van der Waals surface area contributed by atoms with Crippen LogP contribution in [0, 0.1) is 0 Å². The van der Waals surface area contributed by atoms with Gasteiger partial charge in [-0.3, -0.25) is 0 Å². The van der Waals surface area contributed by atoms with Gasteiger partial charge in [0.05, 0.1) is 0 Å². The Bertz CT molecular complexity index is 3380. The second kappa shape index (κ2) is 16.6. The SMILES string of the molecule is CC(C)(C)c1ccc(N(C2=Cc3c(c4c5ccc(C(C)(C)C)cc5c5cc(N(c6ccccc6)c6ccc(C(C)(C)C)cc6)ccc5c4c4ccc(C(C)(C)C)cc34)CC2)c2ccccc2)cc1. The maximum atomic E-state index is 2.54. The average molecular weight is 889 g/mol. The number of aryl methyl sites for hydroxylation is 1. The number of benzene rings is 9. The van der Waals surface area contributed by atoms with Gasteiger partial charge in [-0.25, -0.2) is 0 Å². The van der Waals surface area contributed by atoms with Crippen LogP contribution < -0.4 is 9.80 Å². The summed E-state index contributed by atoms with van der Waals surface area (Å²) in [6.45, 7) is 27.8. The smallest absolute Gasteiger partial charge is 0.0468 e. The molecule has 0 amide bonds. The van der Waals surface area contributed by atoms with Crippen LogP contribution in [0.2, 0.25) is 0 Å². The lowest BCUT2D eigenvalue weighted by Gasteiger charge is -2.33. The highest BCUT2D eigenvalue weighted by molar-refractivity contribution is 6.34. The first-order chi connectivity index (χ1) is 32.3. The molecule has 0 radical (unpaired) electrons. The van der Waals surface area contributed by atoms with E-state index < -0.39 is 0 Å². The molecule has 0 atom stereocenters. The standard InChI is InChI=1S/C66H68N2/c1-63(2,3)43-23-29-49(30-24-43)67(47-19-15-13-16-20-47)51-33-37-55-59(41-51)57-39-45(65(7,8)9)27-35-53(57)62-56-38-34-52(42-60(56)58-40-46(66(10,11)12)28-36-54(58)61(55)62)68(48-21-17-14-18-22-48)50-31-25-44(26-32-50)64(4,5)6/h13-33,35-37,39-42H,34,38H2,1-12H3. The number of anilines is 5. The zero-order valence-electron chi connectivity index (χ0n) is 42.5. The van der Waals surface area contributed by atoms with Crippen molar-refractivity contribution in [2.75, 3.05) is 9.80 Å². The fourth-order valence-electron chi connectivity index (χ4n) is 10.6. The average Bonchev–Trinajstić information content (AvgIpc) is 3.31. The lowest BCUT2D eigenvalue weighted by atomic mass is 9.78. The molecule has 342 valence electrons. The summed E-state index contributed by atoms with van der Waals surface area (Å²) in [5.41, 5.74) is 15.4. The molecule has 0 aliphatic heterocycles. The van der Waals surface area contributed by atoms with Gasteiger partial charge in [-0.2, -0.15) is 0 Å². The molecule has 2 nitrogen and oxygen atoms in total. The Hall–Kier alpha value is -6.64. The predicted molar refractivity (Wildman–Crippen MR) is 297 cm³/mol. The normalized spacial score (nSPS) is 13.6. The van der Waals surface area contributed by atoms with Crippen molar-refractivity contribution in [3.63, 3.8) is 0 Å². The largest absolute Gasteiger partial charge is 0.314 e. The number of hydrogen-bond donors (Lipinski definition) is 0. The summed E-state index contributed by atoms with van der Waals surface area (Å²) >= 11 is 0. The van der Waals surface area contributed by atoms with Gasteiger partial charge in [-0.15, -0.1) is 0 Å². The van der Waals surface area contributed by atoms with Gasteiger partial charge >= 0.3 is 0 Å². The van der Waals surface area contributed by atoms with Crippen LogP contribution in [0.15, 0.2) is 169 Å². The van der Waals surface area contributed by atoms with Crippen molar-refractivity contribution in [3.8, 4) is 0 Å². The van der Waals surface area contributed by atoms with E-state index >= 15 is 0 Å². The van der Waals surface area contributed by atoms with E-state index in [2.05, 4.69) is 263 Å². The molecule has 0 saturated carbocycles. The van der Waals surface area contributed by atoms with Crippen LogP contribution in [0.4, 0.5) is 28.4 Å².